The molecule has 2 amide bonds. The number of hydrogen-bond acceptors (Lipinski definition) is 3. The van der Waals surface area contributed by atoms with Gasteiger partial charge in [-0.1, -0.05) is 19.8 Å². The predicted molar refractivity (Wildman–Crippen MR) is 65.8 cm³/mol. The number of aliphatic hydroxyl groups is 1. The lowest BCUT2D eigenvalue weighted by molar-refractivity contribution is 0.0658. The van der Waals surface area contributed by atoms with Gasteiger partial charge in [-0.25, -0.2) is 4.79 Å². The largest absolute Gasteiger partial charge is 0.389 e. The number of ether oxygens (including phenoxy) is 1. The summed E-state index contributed by atoms with van der Waals surface area (Å²) >= 11 is 0. The second-order valence-electron chi connectivity index (χ2n) is 4.93. The Morgan fingerprint density at radius 1 is 1.53 bits per heavy atom. The molecule has 0 aliphatic heterocycles. The summed E-state index contributed by atoms with van der Waals surface area (Å²) in [5.74, 6) is 0.688. The third-order valence-electron chi connectivity index (χ3n) is 3.13. The van der Waals surface area contributed by atoms with Crippen molar-refractivity contribution < 1.29 is 14.6 Å². The summed E-state index contributed by atoms with van der Waals surface area (Å²) in [5, 5.41) is 15.0. The third-order valence-corrected chi connectivity index (χ3v) is 3.13. The minimum absolute atomic E-state index is 0.195. The van der Waals surface area contributed by atoms with Crippen molar-refractivity contribution in [3.05, 3.63) is 0 Å². The molecule has 3 N–H and O–H groups in total. The summed E-state index contributed by atoms with van der Waals surface area (Å²) in [6.45, 7) is 2.68. The van der Waals surface area contributed by atoms with Gasteiger partial charge in [-0.15, -0.1) is 0 Å². The molecular weight excluding hydrogens is 220 g/mol. The standard InChI is InChI=1S/C12H24N2O3/c1-9-4-3-5-10(6-9)14-12(16)13-7-11(15)8-17-2/h9-11,15H,3-8H2,1-2H3,(H2,13,14,16). The molecule has 1 saturated carbocycles. The maximum Gasteiger partial charge on any atom is 0.315 e. The zero-order chi connectivity index (χ0) is 12.7. The molecule has 0 aromatic rings. The molecule has 1 aliphatic rings. The Kier molecular flexibility index (Phi) is 6.29. The van der Waals surface area contributed by atoms with Crippen molar-refractivity contribution >= 4 is 6.03 Å². The molecule has 1 fully saturated rings. The van der Waals surface area contributed by atoms with Gasteiger partial charge in [0.25, 0.3) is 0 Å². The number of carbonyl (C=O) groups is 1. The van der Waals surface area contributed by atoms with Gasteiger partial charge in [-0.3, -0.25) is 0 Å². The van der Waals surface area contributed by atoms with E-state index in [0.717, 1.165) is 12.8 Å². The minimum atomic E-state index is -0.643. The molecule has 5 heteroatoms. The Morgan fingerprint density at radius 3 is 2.94 bits per heavy atom. The predicted octanol–water partition coefficient (Wildman–Crippen LogP) is 0.872. The van der Waals surface area contributed by atoms with Crippen molar-refractivity contribution in [3.8, 4) is 0 Å². The molecule has 3 unspecified atom stereocenters. The van der Waals surface area contributed by atoms with E-state index in [0.29, 0.717) is 5.92 Å². The first-order valence-corrected chi connectivity index (χ1v) is 6.33. The quantitative estimate of drug-likeness (QED) is 0.672. The molecule has 17 heavy (non-hydrogen) atoms. The molecule has 1 aliphatic carbocycles. The molecule has 0 aromatic heterocycles. The van der Waals surface area contributed by atoms with E-state index >= 15 is 0 Å². The number of aliphatic hydroxyl groups excluding tert-OH is 1. The van der Waals surface area contributed by atoms with Crippen LogP contribution in [0.15, 0.2) is 0 Å². The SMILES string of the molecule is COCC(O)CNC(=O)NC1CCCC(C)C1. The molecule has 100 valence electrons. The number of rotatable bonds is 5. The molecule has 0 radical (unpaired) electrons. The lowest BCUT2D eigenvalue weighted by Gasteiger charge is -2.27. The zero-order valence-corrected chi connectivity index (χ0v) is 10.7. The van der Waals surface area contributed by atoms with E-state index in [-0.39, 0.29) is 25.2 Å². The van der Waals surface area contributed by atoms with Crippen molar-refractivity contribution in [3.63, 3.8) is 0 Å². The van der Waals surface area contributed by atoms with Crippen molar-refractivity contribution in [2.24, 2.45) is 5.92 Å². The van der Waals surface area contributed by atoms with Crippen molar-refractivity contribution in [2.75, 3.05) is 20.3 Å². The molecule has 0 heterocycles. The molecule has 5 nitrogen and oxygen atoms in total. The fourth-order valence-corrected chi connectivity index (χ4v) is 2.26. The van der Waals surface area contributed by atoms with Gasteiger partial charge < -0.3 is 20.5 Å². The van der Waals surface area contributed by atoms with Crippen molar-refractivity contribution in [2.45, 2.75) is 44.8 Å². The highest BCUT2D eigenvalue weighted by molar-refractivity contribution is 5.74. The molecule has 0 aromatic carbocycles. The Bertz CT molecular complexity index is 236. The first kappa shape index (κ1) is 14.3. The maximum atomic E-state index is 11.6. The normalized spacial score (nSPS) is 26.3. The fourth-order valence-electron chi connectivity index (χ4n) is 2.26. The number of methoxy groups -OCH3 is 1. The van der Waals surface area contributed by atoms with E-state index in [9.17, 15) is 9.90 Å². The van der Waals surface area contributed by atoms with Gasteiger partial charge in [0.1, 0.15) is 0 Å². The second kappa shape index (κ2) is 7.50. The Balaban J connectivity index is 2.15. The van der Waals surface area contributed by atoms with Crippen LogP contribution in [0.2, 0.25) is 0 Å². The molecule has 0 bridgehead atoms. The van der Waals surface area contributed by atoms with Crippen LogP contribution in [0, 0.1) is 5.92 Å². The van der Waals surface area contributed by atoms with Crippen molar-refractivity contribution in [1.82, 2.24) is 10.6 Å². The first-order valence-electron chi connectivity index (χ1n) is 6.33. The first-order chi connectivity index (χ1) is 8.11. The highest BCUT2D eigenvalue weighted by Crippen LogP contribution is 2.23. The zero-order valence-electron chi connectivity index (χ0n) is 10.7. The van der Waals surface area contributed by atoms with E-state index in [2.05, 4.69) is 17.6 Å². The number of hydrogen-bond donors (Lipinski definition) is 3. The van der Waals surface area contributed by atoms with Gasteiger partial charge in [0.2, 0.25) is 0 Å². The van der Waals surface area contributed by atoms with Crippen LogP contribution in [-0.2, 0) is 4.74 Å². The van der Waals surface area contributed by atoms with Gasteiger partial charge in [0.15, 0.2) is 0 Å². The van der Waals surface area contributed by atoms with Crippen LogP contribution in [-0.4, -0.2) is 43.5 Å². The van der Waals surface area contributed by atoms with Crippen LogP contribution in [0.25, 0.3) is 0 Å². The highest BCUT2D eigenvalue weighted by Gasteiger charge is 2.20. The van der Waals surface area contributed by atoms with Gasteiger partial charge in [0.05, 0.1) is 12.7 Å². The van der Waals surface area contributed by atoms with Crippen LogP contribution < -0.4 is 10.6 Å². The Hall–Kier alpha value is -0.810. The van der Waals surface area contributed by atoms with Crippen LogP contribution >= 0.6 is 0 Å². The molecule has 3 atom stereocenters. The third kappa shape index (κ3) is 5.89. The van der Waals surface area contributed by atoms with E-state index < -0.39 is 6.10 Å². The van der Waals surface area contributed by atoms with Crippen LogP contribution in [0.4, 0.5) is 4.79 Å². The summed E-state index contributed by atoms with van der Waals surface area (Å²) < 4.78 is 4.78. The fraction of sp³-hybridized carbons (Fsp3) is 0.917. The summed E-state index contributed by atoms with van der Waals surface area (Å²) in [6, 6.07) is 0.0811. The summed E-state index contributed by atoms with van der Waals surface area (Å²) in [7, 11) is 1.52. The minimum Gasteiger partial charge on any atom is -0.389 e. The van der Waals surface area contributed by atoms with Crippen LogP contribution in [0.3, 0.4) is 0 Å². The van der Waals surface area contributed by atoms with Gasteiger partial charge in [0, 0.05) is 19.7 Å². The average Bonchev–Trinajstić information content (AvgIpc) is 2.27. The Labute approximate surface area is 103 Å². The van der Waals surface area contributed by atoms with Crippen LogP contribution in [0.5, 0.6) is 0 Å². The summed E-state index contributed by atoms with van der Waals surface area (Å²) in [6.07, 6.45) is 3.90. The number of carbonyl (C=O) groups excluding carboxylic acids is 1. The molecule has 0 saturated heterocycles. The highest BCUT2D eigenvalue weighted by atomic mass is 16.5. The van der Waals surface area contributed by atoms with E-state index in [1.54, 1.807) is 0 Å². The van der Waals surface area contributed by atoms with Crippen LogP contribution in [0.1, 0.15) is 32.6 Å². The molecule has 0 spiro atoms. The second-order valence-corrected chi connectivity index (χ2v) is 4.93. The number of urea groups is 1. The summed E-state index contributed by atoms with van der Waals surface area (Å²) in [5.41, 5.74) is 0. The van der Waals surface area contributed by atoms with Gasteiger partial charge in [-0.05, 0) is 18.8 Å². The van der Waals surface area contributed by atoms with E-state index in [4.69, 9.17) is 4.74 Å². The lowest BCUT2D eigenvalue weighted by atomic mass is 9.87. The van der Waals surface area contributed by atoms with Crippen molar-refractivity contribution in [1.29, 1.82) is 0 Å². The lowest BCUT2D eigenvalue weighted by Crippen LogP contribution is -2.46. The van der Waals surface area contributed by atoms with Gasteiger partial charge >= 0.3 is 6.03 Å². The smallest absolute Gasteiger partial charge is 0.315 e. The maximum absolute atomic E-state index is 11.6. The average molecular weight is 244 g/mol. The summed E-state index contributed by atoms with van der Waals surface area (Å²) in [4.78, 5) is 11.6. The molecular formula is C12H24N2O3. The number of nitrogens with one attached hydrogen (secondary N) is 2. The van der Waals surface area contributed by atoms with E-state index in [1.165, 1.54) is 20.0 Å². The Morgan fingerprint density at radius 2 is 2.29 bits per heavy atom. The van der Waals surface area contributed by atoms with E-state index in [1.807, 2.05) is 0 Å². The van der Waals surface area contributed by atoms with Gasteiger partial charge in [-0.2, -0.15) is 0 Å². The molecule has 1 rings (SSSR count). The number of amides is 2. The topological polar surface area (TPSA) is 70.6 Å². The monoisotopic (exact) mass is 244 g/mol.